The smallest absolute Gasteiger partial charge is 0.254 e. The summed E-state index contributed by atoms with van der Waals surface area (Å²) in [5.41, 5.74) is 14.4. The number of likely N-dealkylation sites (tertiary alicyclic amines) is 1. The molecule has 0 saturated carbocycles. The molecule has 1 aromatic carbocycles. The molecule has 32 heavy (non-hydrogen) atoms. The number of primary amides is 1. The Labute approximate surface area is 187 Å². The van der Waals surface area contributed by atoms with Crippen LogP contribution in [0.25, 0.3) is 0 Å². The fourth-order valence-corrected chi connectivity index (χ4v) is 4.30. The Hall–Kier alpha value is -3.20. The molecule has 4 rings (SSSR count). The molecule has 1 fully saturated rings. The summed E-state index contributed by atoms with van der Waals surface area (Å²) in [4.78, 5) is 24.4. The number of halogens is 1. The van der Waals surface area contributed by atoms with Crippen LogP contribution in [0.15, 0.2) is 30.9 Å². The van der Waals surface area contributed by atoms with Crippen molar-refractivity contribution < 1.29 is 18.7 Å². The Morgan fingerprint density at radius 2 is 2.06 bits per heavy atom. The van der Waals surface area contributed by atoms with Gasteiger partial charge in [0, 0.05) is 33.2 Å². The number of benzene rings is 1. The van der Waals surface area contributed by atoms with Gasteiger partial charge in [0.05, 0.1) is 11.8 Å². The highest BCUT2D eigenvalue weighted by Gasteiger charge is 2.29. The summed E-state index contributed by atoms with van der Waals surface area (Å²) in [7, 11) is 3.37. The van der Waals surface area contributed by atoms with Crippen molar-refractivity contribution in [1.82, 2.24) is 14.7 Å². The number of hydrogen-bond acceptors (Lipinski definition) is 5. The summed E-state index contributed by atoms with van der Waals surface area (Å²) >= 11 is 0. The average molecular weight is 444 g/mol. The van der Waals surface area contributed by atoms with E-state index in [1.807, 2.05) is 0 Å². The lowest BCUT2D eigenvalue weighted by Gasteiger charge is -2.23. The van der Waals surface area contributed by atoms with E-state index in [0.29, 0.717) is 30.0 Å². The molecule has 1 aliphatic carbocycles. The van der Waals surface area contributed by atoms with Crippen molar-refractivity contribution in [2.75, 3.05) is 25.9 Å². The number of ether oxygens (including phenoxy) is 1. The molecule has 9 heteroatoms. The molecule has 2 aliphatic rings. The maximum Gasteiger partial charge on any atom is 0.254 e. The van der Waals surface area contributed by atoms with Crippen molar-refractivity contribution in [3.63, 3.8) is 0 Å². The second kappa shape index (κ2) is 9.95. The molecule has 8 nitrogen and oxygen atoms in total. The molecule has 2 heterocycles. The van der Waals surface area contributed by atoms with Crippen molar-refractivity contribution in [2.24, 2.45) is 12.8 Å². The number of rotatable bonds is 4. The summed E-state index contributed by atoms with van der Waals surface area (Å²) in [6.07, 6.45) is 4.78. The summed E-state index contributed by atoms with van der Waals surface area (Å²) in [5, 5.41) is 4.36. The topological polar surface area (TPSA) is 116 Å². The molecule has 1 aromatic heterocycles. The van der Waals surface area contributed by atoms with E-state index in [9.17, 15) is 14.0 Å². The predicted molar refractivity (Wildman–Crippen MR) is 119 cm³/mol. The van der Waals surface area contributed by atoms with E-state index in [1.165, 1.54) is 16.8 Å². The van der Waals surface area contributed by atoms with Gasteiger partial charge in [-0.2, -0.15) is 5.10 Å². The number of anilines is 1. The third kappa shape index (κ3) is 4.99. The first-order valence-electron chi connectivity index (χ1n) is 10.6. The summed E-state index contributed by atoms with van der Waals surface area (Å²) in [6.45, 7) is 4.93. The summed E-state index contributed by atoms with van der Waals surface area (Å²) in [5.74, 6) is -0.395. The quantitative estimate of drug-likeness (QED) is 0.701. The second-order valence-corrected chi connectivity index (χ2v) is 8.12. The monoisotopic (exact) mass is 443 g/mol. The van der Waals surface area contributed by atoms with Crippen LogP contribution >= 0.6 is 0 Å². The largest absolute Gasteiger partial charge is 0.383 e. The lowest BCUT2D eigenvalue weighted by Crippen LogP contribution is -2.27. The molecular weight excluding hydrogens is 413 g/mol. The van der Waals surface area contributed by atoms with Crippen LogP contribution in [0.3, 0.4) is 0 Å². The lowest BCUT2D eigenvalue weighted by atomic mass is 9.81. The van der Waals surface area contributed by atoms with Gasteiger partial charge in [0.1, 0.15) is 17.2 Å². The van der Waals surface area contributed by atoms with Crippen LogP contribution < -0.4 is 11.5 Å². The van der Waals surface area contributed by atoms with E-state index >= 15 is 0 Å². The van der Waals surface area contributed by atoms with Crippen LogP contribution in [0.2, 0.25) is 0 Å². The summed E-state index contributed by atoms with van der Waals surface area (Å²) in [6, 6.07) is 4.84. The van der Waals surface area contributed by atoms with Crippen LogP contribution in [0, 0.1) is 5.82 Å². The number of fused-ring (bicyclic) bond motifs is 1. The number of carbonyl (C=O) groups excluding carboxylic acids is 2. The third-order valence-corrected chi connectivity index (χ3v) is 6.11. The molecule has 0 radical (unpaired) electrons. The third-order valence-electron chi connectivity index (χ3n) is 6.11. The van der Waals surface area contributed by atoms with Gasteiger partial charge in [-0.3, -0.25) is 14.3 Å². The minimum atomic E-state index is -0.555. The normalized spacial score (nSPS) is 19.7. The Morgan fingerprint density at radius 3 is 2.69 bits per heavy atom. The van der Waals surface area contributed by atoms with Gasteiger partial charge >= 0.3 is 0 Å². The SMILES string of the molecule is C=CC(=O)N1CCC(OC)C1.Cn1nc(C2CCc3cc(F)ccc3C2)c(C(N)=O)c1N. The fourth-order valence-electron chi connectivity index (χ4n) is 4.30. The van der Waals surface area contributed by atoms with Gasteiger partial charge in [-0.05, 0) is 55.0 Å². The standard InChI is InChI=1S/C15H17FN4O.C8H13NO2/c1-20-14(17)12(15(18)21)13(19-20)10-3-2-9-7-11(16)5-4-8(9)6-10;1-3-8(10)9-5-4-7(6-9)11-2/h4-5,7,10H,2-3,6,17H2,1H3,(H2,18,21);3,7H,1,4-6H2,2H3. The Morgan fingerprint density at radius 1 is 1.31 bits per heavy atom. The average Bonchev–Trinajstić information content (AvgIpc) is 3.38. The van der Waals surface area contributed by atoms with Crippen LogP contribution in [-0.4, -0.2) is 52.8 Å². The molecule has 172 valence electrons. The van der Waals surface area contributed by atoms with E-state index in [4.69, 9.17) is 16.2 Å². The second-order valence-electron chi connectivity index (χ2n) is 8.12. The van der Waals surface area contributed by atoms with Crippen molar-refractivity contribution in [1.29, 1.82) is 0 Å². The predicted octanol–water partition coefficient (Wildman–Crippen LogP) is 1.93. The molecule has 2 atom stereocenters. The number of methoxy groups -OCH3 is 1. The van der Waals surface area contributed by atoms with Crippen molar-refractivity contribution in [3.05, 3.63) is 59.1 Å². The molecule has 0 bridgehead atoms. The molecule has 1 aliphatic heterocycles. The highest BCUT2D eigenvalue weighted by molar-refractivity contribution is 5.98. The highest BCUT2D eigenvalue weighted by atomic mass is 19.1. The van der Waals surface area contributed by atoms with Gasteiger partial charge in [-0.25, -0.2) is 4.39 Å². The van der Waals surface area contributed by atoms with E-state index in [-0.39, 0.29) is 23.7 Å². The molecule has 2 aromatic rings. The zero-order chi connectivity index (χ0) is 23.4. The van der Waals surface area contributed by atoms with E-state index in [0.717, 1.165) is 36.9 Å². The number of nitrogens with two attached hydrogens (primary N) is 2. The highest BCUT2D eigenvalue weighted by Crippen LogP contribution is 2.35. The van der Waals surface area contributed by atoms with E-state index in [2.05, 4.69) is 11.7 Å². The Kier molecular flexibility index (Phi) is 7.29. The zero-order valence-corrected chi connectivity index (χ0v) is 18.5. The zero-order valence-electron chi connectivity index (χ0n) is 18.5. The maximum absolute atomic E-state index is 13.2. The van der Waals surface area contributed by atoms with Gasteiger partial charge in [-0.1, -0.05) is 12.6 Å². The first-order valence-corrected chi connectivity index (χ1v) is 10.6. The van der Waals surface area contributed by atoms with Gasteiger partial charge in [-0.15, -0.1) is 0 Å². The van der Waals surface area contributed by atoms with Crippen molar-refractivity contribution >= 4 is 17.6 Å². The molecule has 0 spiro atoms. The van der Waals surface area contributed by atoms with E-state index < -0.39 is 5.91 Å². The Bertz CT molecular complexity index is 1020. The summed E-state index contributed by atoms with van der Waals surface area (Å²) < 4.78 is 19.8. The number of nitrogens with zero attached hydrogens (tertiary/aromatic N) is 3. The van der Waals surface area contributed by atoms with Gasteiger partial charge in [0.2, 0.25) is 5.91 Å². The van der Waals surface area contributed by atoms with Gasteiger partial charge in [0.15, 0.2) is 0 Å². The molecule has 2 unspecified atom stereocenters. The molecule has 4 N–H and O–H groups in total. The molecule has 2 amide bonds. The number of amides is 2. The van der Waals surface area contributed by atoms with Crippen LogP contribution in [0.4, 0.5) is 10.2 Å². The molecular formula is C23H30FN5O3. The molecule has 1 saturated heterocycles. The van der Waals surface area contributed by atoms with Crippen LogP contribution in [0.1, 0.15) is 45.9 Å². The van der Waals surface area contributed by atoms with Gasteiger partial charge < -0.3 is 21.1 Å². The number of aromatic nitrogens is 2. The first-order chi connectivity index (χ1) is 15.2. The number of hydrogen-bond donors (Lipinski definition) is 2. The Balaban J connectivity index is 0.000000222. The van der Waals surface area contributed by atoms with Crippen molar-refractivity contribution in [3.8, 4) is 0 Å². The fraction of sp³-hybridized carbons (Fsp3) is 0.435. The number of nitrogen functional groups attached to an aromatic ring is 1. The van der Waals surface area contributed by atoms with Crippen LogP contribution in [-0.2, 0) is 29.4 Å². The van der Waals surface area contributed by atoms with Crippen molar-refractivity contribution in [2.45, 2.75) is 37.7 Å². The minimum absolute atomic E-state index is 0.00421. The first kappa shape index (κ1) is 23.5. The number of aryl methyl sites for hydroxylation is 2. The van der Waals surface area contributed by atoms with Gasteiger partial charge in [0.25, 0.3) is 5.91 Å². The lowest BCUT2D eigenvalue weighted by molar-refractivity contribution is -0.125. The van der Waals surface area contributed by atoms with Crippen LogP contribution in [0.5, 0.6) is 0 Å². The minimum Gasteiger partial charge on any atom is -0.383 e. The van der Waals surface area contributed by atoms with E-state index in [1.54, 1.807) is 31.2 Å². The number of carbonyl (C=O) groups is 2. The maximum atomic E-state index is 13.2.